The van der Waals surface area contributed by atoms with E-state index in [1.54, 1.807) is 0 Å². The van der Waals surface area contributed by atoms with Crippen molar-refractivity contribution in [3.05, 3.63) is 93.9 Å². The van der Waals surface area contributed by atoms with Gasteiger partial charge in [0.05, 0.1) is 50.6 Å². The number of benzene rings is 3. The Morgan fingerprint density at radius 2 is 1.75 bits per heavy atom. The van der Waals surface area contributed by atoms with Crippen molar-refractivity contribution in [2.75, 3.05) is 62.1 Å². The van der Waals surface area contributed by atoms with Crippen LogP contribution in [-0.4, -0.2) is 97.9 Å². The van der Waals surface area contributed by atoms with Crippen LogP contribution in [0.1, 0.15) is 57.6 Å². The van der Waals surface area contributed by atoms with Gasteiger partial charge >= 0.3 is 6.03 Å². The molecule has 4 aromatic rings. The minimum Gasteiger partial charge on any atom is -0.491 e. The number of aryl methyl sites for hydroxylation is 2. The molecule has 1 aromatic heterocycles. The predicted molar refractivity (Wildman–Crippen MR) is 232 cm³/mol. The second-order valence-corrected chi connectivity index (χ2v) is 17.4. The number of carbonyl (C=O) groups excluding carboxylic acids is 4. The SMILES string of the molecule is Cc1ccccc1C(=O)N1CCc2cc(-c3nc(NC(=O)Cc4cccc(OCCOCCOCCNC(=O)CCCCC5SCC6NC(=O)NC65)c4)sc3C)ccc21. The lowest BCUT2D eigenvalue weighted by molar-refractivity contribution is -0.121. The molecule has 5 amide bonds. The summed E-state index contributed by atoms with van der Waals surface area (Å²) in [6.07, 6.45) is 4.21. The van der Waals surface area contributed by atoms with E-state index in [0.717, 1.165) is 75.5 Å². The maximum absolute atomic E-state index is 13.3. The monoisotopic (exact) mass is 840 g/mol. The molecule has 0 radical (unpaired) electrons. The molecule has 3 atom stereocenters. The molecule has 3 unspecified atom stereocenters. The maximum Gasteiger partial charge on any atom is 0.315 e. The van der Waals surface area contributed by atoms with Gasteiger partial charge in [-0.25, -0.2) is 9.78 Å². The first kappa shape index (κ1) is 42.2. The Morgan fingerprint density at radius 1 is 0.915 bits per heavy atom. The fourth-order valence-electron chi connectivity index (χ4n) is 7.70. The van der Waals surface area contributed by atoms with Crippen LogP contribution in [0.5, 0.6) is 5.75 Å². The number of carbonyl (C=O) groups is 4. The topological polar surface area (TPSA) is 160 Å². The van der Waals surface area contributed by atoms with Crippen molar-refractivity contribution in [3.63, 3.8) is 0 Å². The van der Waals surface area contributed by atoms with Gasteiger partial charge in [-0.1, -0.05) is 42.8 Å². The number of thioether (sulfide) groups is 1. The number of anilines is 2. The molecule has 3 aliphatic heterocycles. The number of ether oxygens (including phenoxy) is 3. The Morgan fingerprint density at radius 3 is 2.61 bits per heavy atom. The van der Waals surface area contributed by atoms with E-state index in [2.05, 4.69) is 27.3 Å². The van der Waals surface area contributed by atoms with Gasteiger partial charge in [-0.3, -0.25) is 14.4 Å². The minimum absolute atomic E-state index is 0.0149. The largest absolute Gasteiger partial charge is 0.491 e. The minimum atomic E-state index is -0.170. The van der Waals surface area contributed by atoms with Crippen molar-refractivity contribution < 1.29 is 33.4 Å². The number of amides is 5. The number of hydrogen-bond donors (Lipinski definition) is 4. The van der Waals surface area contributed by atoms with Crippen LogP contribution in [-0.2, 0) is 31.9 Å². The average molecular weight is 841 g/mol. The van der Waals surface area contributed by atoms with Crippen LogP contribution in [0.25, 0.3) is 11.3 Å². The van der Waals surface area contributed by atoms with Crippen LogP contribution in [0, 0.1) is 13.8 Å². The zero-order valence-electron chi connectivity index (χ0n) is 33.6. The number of nitrogens with one attached hydrogen (secondary N) is 4. The number of fused-ring (bicyclic) bond motifs is 2. The Bertz CT molecular complexity index is 2130. The van der Waals surface area contributed by atoms with Gasteiger partial charge in [0, 0.05) is 52.2 Å². The molecule has 13 nitrogen and oxygen atoms in total. The van der Waals surface area contributed by atoms with Crippen molar-refractivity contribution in [2.45, 2.75) is 69.7 Å². The molecule has 0 aliphatic carbocycles. The molecule has 0 saturated carbocycles. The van der Waals surface area contributed by atoms with Crippen molar-refractivity contribution in [1.29, 1.82) is 0 Å². The van der Waals surface area contributed by atoms with E-state index in [0.29, 0.717) is 68.7 Å². The van der Waals surface area contributed by atoms with Gasteiger partial charge < -0.3 is 40.4 Å². The molecular formula is C44H52N6O7S2. The van der Waals surface area contributed by atoms with Gasteiger partial charge in [-0.05, 0) is 80.1 Å². The Kier molecular flexibility index (Phi) is 14.5. The molecule has 2 fully saturated rings. The Balaban J connectivity index is 0.747. The van der Waals surface area contributed by atoms with Crippen LogP contribution in [0.4, 0.5) is 15.6 Å². The molecule has 312 valence electrons. The predicted octanol–water partition coefficient (Wildman–Crippen LogP) is 6.07. The van der Waals surface area contributed by atoms with Gasteiger partial charge in [0.25, 0.3) is 5.91 Å². The second-order valence-electron chi connectivity index (χ2n) is 15.0. The number of thiazole rings is 1. The highest BCUT2D eigenvalue weighted by atomic mass is 32.2. The van der Waals surface area contributed by atoms with Gasteiger partial charge in [0.15, 0.2) is 5.13 Å². The highest BCUT2D eigenvalue weighted by Crippen LogP contribution is 2.37. The average Bonchev–Trinajstić information content (AvgIpc) is 4.00. The third-order valence-electron chi connectivity index (χ3n) is 10.7. The lowest BCUT2D eigenvalue weighted by atomic mass is 10.0. The normalized spacial score (nSPS) is 17.9. The Hall–Kier alpha value is -4.96. The highest BCUT2D eigenvalue weighted by Gasteiger charge is 2.42. The van der Waals surface area contributed by atoms with Crippen molar-refractivity contribution in [1.82, 2.24) is 20.9 Å². The van der Waals surface area contributed by atoms with E-state index in [1.807, 2.05) is 91.2 Å². The van der Waals surface area contributed by atoms with Gasteiger partial charge in [-0.15, -0.1) is 11.3 Å². The van der Waals surface area contributed by atoms with E-state index >= 15 is 0 Å². The number of nitrogens with zero attached hydrogens (tertiary/aromatic N) is 2. The van der Waals surface area contributed by atoms with Gasteiger partial charge in [0.1, 0.15) is 12.4 Å². The molecule has 4 heterocycles. The molecule has 3 aliphatic rings. The first-order valence-electron chi connectivity index (χ1n) is 20.3. The third kappa shape index (κ3) is 11.2. The quantitative estimate of drug-likeness (QED) is 0.0613. The lowest BCUT2D eigenvalue weighted by Gasteiger charge is -2.18. The third-order valence-corrected chi connectivity index (χ3v) is 13.1. The standard InChI is InChI=1S/C44H52N6O7S2/c1-28-8-3-4-11-34(28)42(53)50-18-16-31-26-32(14-15-36(31)50)40-29(2)59-44(49-40)47-39(52)25-30-9-7-10-33(24-30)57-23-22-56-21-20-55-19-17-45-38(51)13-6-5-12-37-41-35(27-58-37)46-43(54)48-41/h3-4,7-11,14-15,24,26,35,37,41H,5-6,12-13,16-23,25,27H2,1-2H3,(H,45,51)(H2,46,48,54)(H,47,49,52). The number of urea groups is 1. The number of rotatable bonds is 20. The van der Waals surface area contributed by atoms with Crippen molar-refractivity contribution in [2.24, 2.45) is 0 Å². The molecule has 3 aromatic carbocycles. The van der Waals surface area contributed by atoms with Crippen LogP contribution >= 0.6 is 23.1 Å². The molecule has 59 heavy (non-hydrogen) atoms. The van der Waals surface area contributed by atoms with E-state index in [9.17, 15) is 19.2 Å². The lowest BCUT2D eigenvalue weighted by Crippen LogP contribution is -2.36. The summed E-state index contributed by atoms with van der Waals surface area (Å²) in [5.41, 5.74) is 6.32. The number of hydrogen-bond acceptors (Lipinski definition) is 10. The van der Waals surface area contributed by atoms with Crippen molar-refractivity contribution in [3.8, 4) is 17.0 Å². The van der Waals surface area contributed by atoms with Crippen molar-refractivity contribution >= 4 is 57.7 Å². The zero-order chi connectivity index (χ0) is 41.1. The summed E-state index contributed by atoms with van der Waals surface area (Å²) in [5, 5.41) is 12.8. The summed E-state index contributed by atoms with van der Waals surface area (Å²) in [5.74, 6) is 1.47. The van der Waals surface area contributed by atoms with Crippen LogP contribution < -0.4 is 30.9 Å². The molecule has 0 spiro atoms. The highest BCUT2D eigenvalue weighted by molar-refractivity contribution is 8.00. The van der Waals surface area contributed by atoms with Gasteiger partial charge in [-0.2, -0.15) is 11.8 Å². The number of aromatic nitrogens is 1. The fourth-order valence-corrected chi connectivity index (χ4v) is 10.1. The smallest absolute Gasteiger partial charge is 0.315 e. The molecule has 15 heteroatoms. The Labute approximate surface area is 353 Å². The molecule has 2 saturated heterocycles. The molecule has 0 bridgehead atoms. The van der Waals surface area contributed by atoms with E-state index in [4.69, 9.17) is 19.2 Å². The molecule has 4 N–H and O–H groups in total. The summed E-state index contributed by atoms with van der Waals surface area (Å²) >= 11 is 3.33. The number of unbranched alkanes of at least 4 members (excludes halogenated alkanes) is 1. The van der Waals surface area contributed by atoms with E-state index < -0.39 is 0 Å². The summed E-state index contributed by atoms with van der Waals surface area (Å²) in [7, 11) is 0. The summed E-state index contributed by atoms with van der Waals surface area (Å²) in [4.78, 5) is 57.7. The molecular weight excluding hydrogens is 789 g/mol. The first-order chi connectivity index (χ1) is 28.7. The molecule has 7 rings (SSSR count). The van der Waals surface area contributed by atoms with Crippen LogP contribution in [0.2, 0.25) is 0 Å². The maximum atomic E-state index is 13.3. The van der Waals surface area contributed by atoms with E-state index in [-0.39, 0.29) is 42.3 Å². The fraction of sp³-hybridized carbons (Fsp3) is 0.432. The van der Waals surface area contributed by atoms with E-state index in [1.165, 1.54) is 11.3 Å². The summed E-state index contributed by atoms with van der Waals surface area (Å²) in [6.45, 7) is 7.01. The second kappa shape index (κ2) is 20.3. The van der Waals surface area contributed by atoms with Crippen LogP contribution in [0.15, 0.2) is 66.7 Å². The zero-order valence-corrected chi connectivity index (χ0v) is 35.2. The summed E-state index contributed by atoms with van der Waals surface area (Å²) in [6, 6.07) is 21.6. The first-order valence-corrected chi connectivity index (χ1v) is 22.2. The van der Waals surface area contributed by atoms with Crippen LogP contribution in [0.3, 0.4) is 0 Å². The van der Waals surface area contributed by atoms with Gasteiger partial charge in [0.2, 0.25) is 11.8 Å². The summed E-state index contributed by atoms with van der Waals surface area (Å²) < 4.78 is 17.1.